The summed E-state index contributed by atoms with van der Waals surface area (Å²) < 4.78 is 11.0. The van der Waals surface area contributed by atoms with Crippen LogP contribution in [0.25, 0.3) is 0 Å². The zero-order valence-electron chi connectivity index (χ0n) is 16.3. The second-order valence-electron chi connectivity index (χ2n) is 8.90. The molecule has 0 saturated heterocycles. The Hall–Kier alpha value is -1.24. The van der Waals surface area contributed by atoms with E-state index < -0.39 is 0 Å². The minimum atomic E-state index is 0.0626. The van der Waals surface area contributed by atoms with Crippen LogP contribution in [0.4, 0.5) is 0 Å². The number of esters is 1. The van der Waals surface area contributed by atoms with Crippen molar-refractivity contribution in [2.45, 2.75) is 103 Å². The van der Waals surface area contributed by atoms with E-state index in [0.29, 0.717) is 5.92 Å². The molecule has 3 aliphatic carbocycles. The van der Waals surface area contributed by atoms with Gasteiger partial charge in [-0.25, -0.2) is 0 Å². The van der Waals surface area contributed by atoms with Crippen LogP contribution in [-0.2, 0) is 14.3 Å². The van der Waals surface area contributed by atoms with Gasteiger partial charge in [-0.1, -0.05) is 19.3 Å². The quantitative estimate of drug-likeness (QED) is 0.488. The molecule has 3 saturated carbocycles. The van der Waals surface area contributed by atoms with E-state index in [9.17, 15) is 4.79 Å². The number of nitriles is 1. The number of hydrogen-bond donors (Lipinski definition) is 0. The summed E-state index contributed by atoms with van der Waals surface area (Å²) in [7, 11) is 0. The average molecular weight is 362 g/mol. The monoisotopic (exact) mass is 361 g/mol. The van der Waals surface area contributed by atoms with Crippen molar-refractivity contribution in [1.29, 1.82) is 5.26 Å². The van der Waals surface area contributed by atoms with Crippen LogP contribution < -0.4 is 0 Å². The fraction of sp³-hybridized carbons (Fsp3) is 0.909. The summed E-state index contributed by atoms with van der Waals surface area (Å²) in [5.41, 5.74) is 0. The van der Waals surface area contributed by atoms with Gasteiger partial charge in [-0.2, -0.15) is 5.26 Å². The molecule has 0 radical (unpaired) electrons. The number of ether oxygens (including phenoxy) is 2. The van der Waals surface area contributed by atoms with Crippen molar-refractivity contribution in [1.82, 2.24) is 0 Å². The standard InChI is InChI=1S/C22H35NO3/c1-16(17-5-3-2-4-6-17)26-22(24)20-9-7-18(8-10-20)19-11-13-21(14-12-19)25-15-23/h16-21H,2-14H2,1H3. The van der Waals surface area contributed by atoms with E-state index in [2.05, 4.69) is 6.92 Å². The summed E-state index contributed by atoms with van der Waals surface area (Å²) in [5, 5.41) is 8.64. The van der Waals surface area contributed by atoms with Crippen LogP contribution in [0.3, 0.4) is 0 Å². The predicted octanol–water partition coefficient (Wildman–Crippen LogP) is 5.36. The zero-order chi connectivity index (χ0) is 18.4. The maximum Gasteiger partial charge on any atom is 0.309 e. The Morgan fingerprint density at radius 3 is 2.04 bits per heavy atom. The molecule has 0 heterocycles. The van der Waals surface area contributed by atoms with Gasteiger partial charge in [-0.05, 0) is 88.9 Å². The second kappa shape index (κ2) is 9.62. The number of hydrogen-bond acceptors (Lipinski definition) is 4. The summed E-state index contributed by atoms with van der Waals surface area (Å²) in [5.74, 6) is 2.27. The number of carbonyl (C=O) groups is 1. The minimum absolute atomic E-state index is 0.0626. The highest BCUT2D eigenvalue weighted by molar-refractivity contribution is 5.72. The highest BCUT2D eigenvalue weighted by Crippen LogP contribution is 2.41. The lowest BCUT2D eigenvalue weighted by Crippen LogP contribution is -2.33. The normalized spacial score (nSPS) is 34.5. The molecule has 4 nitrogen and oxygen atoms in total. The van der Waals surface area contributed by atoms with E-state index in [1.54, 1.807) is 0 Å². The maximum absolute atomic E-state index is 12.6. The summed E-state index contributed by atoms with van der Waals surface area (Å²) in [6.07, 6.45) is 17.1. The van der Waals surface area contributed by atoms with E-state index >= 15 is 0 Å². The largest absolute Gasteiger partial charge is 0.462 e. The molecule has 0 N–H and O–H groups in total. The molecule has 146 valence electrons. The molecule has 0 bridgehead atoms. The summed E-state index contributed by atoms with van der Waals surface area (Å²) in [6, 6.07) is 0. The van der Waals surface area contributed by atoms with Crippen molar-refractivity contribution < 1.29 is 14.3 Å². The molecule has 0 aromatic carbocycles. The van der Waals surface area contributed by atoms with Crippen LogP contribution in [-0.4, -0.2) is 18.2 Å². The van der Waals surface area contributed by atoms with Gasteiger partial charge in [0, 0.05) is 0 Å². The van der Waals surface area contributed by atoms with E-state index in [0.717, 1.165) is 50.4 Å². The van der Waals surface area contributed by atoms with Crippen molar-refractivity contribution in [3.8, 4) is 6.26 Å². The molecular formula is C22H35NO3. The summed E-state index contributed by atoms with van der Waals surface area (Å²) in [6.45, 7) is 2.10. The van der Waals surface area contributed by atoms with Crippen LogP contribution >= 0.6 is 0 Å². The van der Waals surface area contributed by atoms with Gasteiger partial charge in [0.15, 0.2) is 0 Å². The average Bonchev–Trinajstić information content (AvgIpc) is 2.69. The molecule has 0 aromatic heterocycles. The first-order valence-electron chi connectivity index (χ1n) is 10.9. The van der Waals surface area contributed by atoms with Crippen molar-refractivity contribution in [2.24, 2.45) is 23.7 Å². The third kappa shape index (κ3) is 5.15. The molecule has 3 fully saturated rings. The second-order valence-corrected chi connectivity index (χ2v) is 8.90. The predicted molar refractivity (Wildman–Crippen MR) is 100 cm³/mol. The first-order valence-corrected chi connectivity index (χ1v) is 10.9. The van der Waals surface area contributed by atoms with E-state index in [4.69, 9.17) is 14.7 Å². The Morgan fingerprint density at radius 2 is 1.46 bits per heavy atom. The van der Waals surface area contributed by atoms with Crippen LogP contribution in [0.1, 0.15) is 90.4 Å². The van der Waals surface area contributed by atoms with Gasteiger partial charge in [-0.3, -0.25) is 4.79 Å². The third-order valence-corrected chi connectivity index (χ3v) is 7.33. The first kappa shape index (κ1) is 19.5. The minimum Gasteiger partial charge on any atom is -0.462 e. The molecule has 1 atom stereocenters. The molecule has 3 aliphatic rings. The van der Waals surface area contributed by atoms with Crippen LogP contribution in [0.5, 0.6) is 0 Å². The van der Waals surface area contributed by atoms with Crippen molar-refractivity contribution in [2.75, 3.05) is 0 Å². The number of nitrogens with zero attached hydrogens (tertiary/aromatic N) is 1. The maximum atomic E-state index is 12.6. The topological polar surface area (TPSA) is 59.3 Å². The van der Waals surface area contributed by atoms with Gasteiger partial charge >= 0.3 is 5.97 Å². The molecule has 4 heteroatoms. The molecular weight excluding hydrogens is 326 g/mol. The molecule has 0 amide bonds. The highest BCUT2D eigenvalue weighted by Gasteiger charge is 2.35. The summed E-state index contributed by atoms with van der Waals surface area (Å²) >= 11 is 0. The molecule has 0 aromatic rings. The number of carbonyl (C=O) groups excluding carboxylic acids is 1. The van der Waals surface area contributed by atoms with Crippen molar-refractivity contribution >= 4 is 5.97 Å². The molecule has 26 heavy (non-hydrogen) atoms. The Balaban J connectivity index is 1.38. The zero-order valence-corrected chi connectivity index (χ0v) is 16.3. The lowest BCUT2D eigenvalue weighted by molar-refractivity contribution is -0.158. The van der Waals surface area contributed by atoms with E-state index in [1.807, 2.05) is 6.26 Å². The van der Waals surface area contributed by atoms with Gasteiger partial charge in [0.05, 0.1) is 5.92 Å². The molecule has 1 unspecified atom stereocenters. The SMILES string of the molecule is CC(OC(=O)C1CCC(C2CCC(OC#N)CC2)CC1)C1CCCCC1. The van der Waals surface area contributed by atoms with Crippen molar-refractivity contribution in [3.05, 3.63) is 0 Å². The van der Waals surface area contributed by atoms with Crippen molar-refractivity contribution in [3.63, 3.8) is 0 Å². The summed E-state index contributed by atoms with van der Waals surface area (Å²) in [4.78, 5) is 12.6. The van der Waals surface area contributed by atoms with Crippen LogP contribution in [0.15, 0.2) is 0 Å². The van der Waals surface area contributed by atoms with Crippen LogP contribution in [0, 0.1) is 35.2 Å². The van der Waals surface area contributed by atoms with Gasteiger partial charge < -0.3 is 9.47 Å². The Morgan fingerprint density at radius 1 is 0.885 bits per heavy atom. The van der Waals surface area contributed by atoms with Gasteiger partial charge in [0.1, 0.15) is 12.2 Å². The number of rotatable bonds is 5. The molecule has 0 spiro atoms. The fourth-order valence-corrected chi connectivity index (χ4v) is 5.56. The fourth-order valence-electron chi connectivity index (χ4n) is 5.56. The van der Waals surface area contributed by atoms with Gasteiger partial charge in [0.25, 0.3) is 6.26 Å². The van der Waals surface area contributed by atoms with E-state index in [1.165, 1.54) is 44.9 Å². The Labute approximate surface area is 158 Å². The van der Waals surface area contributed by atoms with Crippen LogP contribution in [0.2, 0.25) is 0 Å². The Bertz CT molecular complexity index is 478. The molecule has 3 rings (SSSR count). The van der Waals surface area contributed by atoms with Gasteiger partial charge in [-0.15, -0.1) is 0 Å². The Kier molecular flexibility index (Phi) is 7.23. The smallest absolute Gasteiger partial charge is 0.309 e. The lowest BCUT2D eigenvalue weighted by atomic mass is 9.70. The van der Waals surface area contributed by atoms with Gasteiger partial charge in [0.2, 0.25) is 0 Å². The third-order valence-electron chi connectivity index (χ3n) is 7.33. The highest BCUT2D eigenvalue weighted by atomic mass is 16.5. The van der Waals surface area contributed by atoms with E-state index in [-0.39, 0.29) is 24.1 Å². The molecule has 0 aliphatic heterocycles. The lowest BCUT2D eigenvalue weighted by Gasteiger charge is -2.37. The first-order chi connectivity index (χ1) is 12.7.